The molecule has 18 heavy (non-hydrogen) atoms. The Kier molecular flexibility index (Phi) is 2.03. The van der Waals surface area contributed by atoms with Gasteiger partial charge in [0.2, 0.25) is 0 Å². The van der Waals surface area contributed by atoms with Gasteiger partial charge in [-0.3, -0.25) is 4.90 Å². The van der Waals surface area contributed by atoms with Crippen LogP contribution in [-0.4, -0.2) is 35.7 Å². The number of rotatable bonds is 0. The number of likely N-dealkylation sites (N-methyl/N-ethyl adjacent to an activating group) is 1. The molecule has 3 atom stereocenters. The Labute approximate surface area is 107 Å². The Morgan fingerprint density at radius 3 is 3.17 bits per heavy atom. The van der Waals surface area contributed by atoms with E-state index < -0.39 is 0 Å². The van der Waals surface area contributed by atoms with E-state index in [2.05, 4.69) is 11.9 Å². The molecule has 2 bridgehead atoms. The summed E-state index contributed by atoms with van der Waals surface area (Å²) in [7, 11) is 2.21. The number of hydrogen-bond donors (Lipinski definition) is 1. The van der Waals surface area contributed by atoms with E-state index in [0.717, 1.165) is 18.7 Å². The molecule has 0 spiro atoms. The summed E-state index contributed by atoms with van der Waals surface area (Å²) in [5.41, 5.74) is 1.43. The van der Waals surface area contributed by atoms with Gasteiger partial charge in [0.1, 0.15) is 17.6 Å². The first-order valence-corrected chi connectivity index (χ1v) is 6.91. The van der Waals surface area contributed by atoms with Gasteiger partial charge in [-0.15, -0.1) is 0 Å². The van der Waals surface area contributed by atoms with E-state index in [1.54, 1.807) is 6.07 Å². The van der Waals surface area contributed by atoms with E-state index >= 15 is 0 Å². The van der Waals surface area contributed by atoms with Crippen LogP contribution in [0.3, 0.4) is 0 Å². The fourth-order valence-corrected chi connectivity index (χ4v) is 4.31. The van der Waals surface area contributed by atoms with Crippen LogP contribution in [0.25, 0.3) is 0 Å². The molecule has 1 saturated heterocycles. The Balaban J connectivity index is 1.87. The molecule has 1 aromatic carbocycles. The van der Waals surface area contributed by atoms with Crippen molar-refractivity contribution in [3.63, 3.8) is 0 Å². The van der Waals surface area contributed by atoms with Gasteiger partial charge in [-0.05, 0) is 51.1 Å². The summed E-state index contributed by atoms with van der Waals surface area (Å²) in [4.78, 5) is 2.45. The molecule has 2 heterocycles. The molecule has 2 aliphatic heterocycles. The quantitative estimate of drug-likeness (QED) is 0.761. The molecule has 1 aromatic rings. The monoisotopic (exact) mass is 245 g/mol. The maximum absolute atomic E-state index is 9.77. The molecule has 1 aliphatic carbocycles. The molecule has 1 unspecified atom stereocenters. The molecule has 3 nitrogen and oxygen atoms in total. The Morgan fingerprint density at radius 1 is 1.39 bits per heavy atom. The van der Waals surface area contributed by atoms with Crippen molar-refractivity contribution in [3.05, 3.63) is 23.8 Å². The van der Waals surface area contributed by atoms with Gasteiger partial charge in [-0.1, -0.05) is 6.42 Å². The summed E-state index contributed by atoms with van der Waals surface area (Å²) in [6.07, 6.45) is 5.16. The van der Waals surface area contributed by atoms with Crippen molar-refractivity contribution in [3.8, 4) is 11.5 Å². The van der Waals surface area contributed by atoms with Crippen LogP contribution in [0.2, 0.25) is 0 Å². The van der Waals surface area contributed by atoms with Gasteiger partial charge in [0.25, 0.3) is 0 Å². The highest BCUT2D eigenvalue weighted by atomic mass is 16.5. The molecule has 0 radical (unpaired) electrons. The Hall–Kier alpha value is -1.22. The number of nitrogens with zero attached hydrogens (tertiary/aromatic N) is 1. The van der Waals surface area contributed by atoms with Crippen molar-refractivity contribution in [1.82, 2.24) is 4.90 Å². The van der Waals surface area contributed by atoms with Crippen LogP contribution < -0.4 is 4.74 Å². The predicted octanol–water partition coefficient (Wildman–Crippen LogP) is 2.28. The normalized spacial score (nSPS) is 37.8. The summed E-state index contributed by atoms with van der Waals surface area (Å²) in [5, 5.41) is 9.77. The third-order valence-electron chi connectivity index (χ3n) is 5.25. The average molecular weight is 245 g/mol. The van der Waals surface area contributed by atoms with Crippen LogP contribution in [0.1, 0.15) is 31.2 Å². The zero-order chi connectivity index (χ0) is 12.3. The highest BCUT2D eigenvalue weighted by molar-refractivity contribution is 5.50. The number of phenolic OH excluding ortho intramolecular Hbond substituents is 1. The molecular weight excluding hydrogens is 226 g/mol. The van der Waals surface area contributed by atoms with Crippen LogP contribution in [0.5, 0.6) is 11.5 Å². The minimum absolute atomic E-state index is 0.170. The number of aromatic hydroxyl groups is 1. The van der Waals surface area contributed by atoms with Crippen LogP contribution in [0, 0.1) is 0 Å². The van der Waals surface area contributed by atoms with Gasteiger partial charge in [0, 0.05) is 17.0 Å². The van der Waals surface area contributed by atoms with E-state index in [0.29, 0.717) is 17.9 Å². The molecule has 1 saturated carbocycles. The summed E-state index contributed by atoms with van der Waals surface area (Å²) >= 11 is 0. The summed E-state index contributed by atoms with van der Waals surface area (Å²) in [5.74, 6) is 1.37. The molecule has 0 aromatic heterocycles. The first-order valence-electron chi connectivity index (χ1n) is 6.91. The van der Waals surface area contributed by atoms with Crippen molar-refractivity contribution in [2.45, 2.75) is 43.2 Å². The third-order valence-corrected chi connectivity index (χ3v) is 5.25. The number of ether oxygens (including phenoxy) is 1. The minimum atomic E-state index is 0.170. The van der Waals surface area contributed by atoms with E-state index in [-0.39, 0.29) is 5.41 Å². The van der Waals surface area contributed by atoms with Crippen LogP contribution in [0.4, 0.5) is 0 Å². The summed E-state index contributed by atoms with van der Waals surface area (Å²) in [6, 6.07) is 6.15. The lowest BCUT2D eigenvalue weighted by molar-refractivity contribution is -0.0303. The average Bonchev–Trinajstić information content (AvgIpc) is 2.69. The first-order chi connectivity index (χ1) is 8.71. The van der Waals surface area contributed by atoms with E-state index in [4.69, 9.17) is 4.74 Å². The van der Waals surface area contributed by atoms with Gasteiger partial charge < -0.3 is 9.84 Å². The fourth-order valence-electron chi connectivity index (χ4n) is 4.31. The van der Waals surface area contributed by atoms with Crippen molar-refractivity contribution in [2.75, 3.05) is 13.6 Å². The van der Waals surface area contributed by atoms with Crippen LogP contribution >= 0.6 is 0 Å². The highest BCUT2D eigenvalue weighted by Crippen LogP contribution is 2.55. The van der Waals surface area contributed by atoms with Crippen LogP contribution in [0.15, 0.2) is 18.2 Å². The second kappa shape index (κ2) is 3.41. The number of hydrogen-bond acceptors (Lipinski definition) is 3. The lowest BCUT2D eigenvalue weighted by atomic mass is 9.62. The van der Waals surface area contributed by atoms with Gasteiger partial charge in [-0.25, -0.2) is 0 Å². The lowest BCUT2D eigenvalue weighted by Gasteiger charge is -2.51. The zero-order valence-corrected chi connectivity index (χ0v) is 10.7. The number of fused-ring (bicyclic) bond motifs is 1. The molecule has 2 fully saturated rings. The lowest BCUT2D eigenvalue weighted by Crippen LogP contribution is -2.60. The number of phenols is 1. The number of piperidine rings is 1. The molecule has 0 amide bonds. The molecule has 1 N–H and O–H groups in total. The zero-order valence-electron chi connectivity index (χ0n) is 10.7. The van der Waals surface area contributed by atoms with Crippen molar-refractivity contribution in [1.29, 1.82) is 0 Å². The molecule has 4 rings (SSSR count). The van der Waals surface area contributed by atoms with Gasteiger partial charge in [0.15, 0.2) is 0 Å². The second-order valence-corrected chi connectivity index (χ2v) is 6.07. The van der Waals surface area contributed by atoms with Crippen molar-refractivity contribution in [2.24, 2.45) is 0 Å². The van der Waals surface area contributed by atoms with Crippen molar-refractivity contribution < 1.29 is 9.84 Å². The van der Waals surface area contributed by atoms with Crippen molar-refractivity contribution >= 4 is 0 Å². The Bertz CT molecular complexity index is 501. The maximum atomic E-state index is 9.77. The van der Waals surface area contributed by atoms with Gasteiger partial charge in [-0.2, -0.15) is 0 Å². The third kappa shape index (κ3) is 1.18. The minimum Gasteiger partial charge on any atom is -0.508 e. The topological polar surface area (TPSA) is 32.7 Å². The second-order valence-electron chi connectivity index (χ2n) is 6.07. The number of likely N-dealkylation sites (tertiary alicyclic amines) is 1. The van der Waals surface area contributed by atoms with E-state index in [1.807, 2.05) is 12.1 Å². The van der Waals surface area contributed by atoms with Crippen LogP contribution in [-0.2, 0) is 5.41 Å². The largest absolute Gasteiger partial charge is 0.508 e. The molecule has 3 heteroatoms. The molecule has 3 aliphatic rings. The Morgan fingerprint density at radius 2 is 2.28 bits per heavy atom. The maximum Gasteiger partial charge on any atom is 0.124 e. The first kappa shape index (κ1) is 10.7. The summed E-state index contributed by atoms with van der Waals surface area (Å²) in [6.45, 7) is 1.14. The van der Waals surface area contributed by atoms with E-state index in [9.17, 15) is 5.11 Å². The smallest absolute Gasteiger partial charge is 0.124 e. The van der Waals surface area contributed by atoms with Gasteiger partial charge >= 0.3 is 0 Å². The molecule has 96 valence electrons. The number of benzene rings is 1. The standard InChI is InChI=1S/C15H19NO2/c1-16-8-7-15-6-2-3-12(16)14(15)18-13-5-4-10(17)9-11(13)15/h4-5,9,12,14,17H,2-3,6-8H2,1H3/t12?,14-,15-/m0/s1. The SMILES string of the molecule is CN1CC[C@]23CCCC1[C@@H]2Oc1ccc(O)cc13. The van der Waals surface area contributed by atoms with E-state index in [1.165, 1.54) is 24.8 Å². The molecular formula is C15H19NO2. The predicted molar refractivity (Wildman–Crippen MR) is 69.1 cm³/mol. The summed E-state index contributed by atoms with van der Waals surface area (Å²) < 4.78 is 6.24. The fraction of sp³-hybridized carbons (Fsp3) is 0.600. The van der Waals surface area contributed by atoms with Gasteiger partial charge in [0.05, 0.1) is 0 Å². The highest BCUT2D eigenvalue weighted by Gasteiger charge is 2.57.